The van der Waals surface area contributed by atoms with Gasteiger partial charge in [0.25, 0.3) is 0 Å². The molecule has 3 nitrogen and oxygen atoms in total. The smallest absolute Gasteiger partial charge is 0.0101 e. The number of likely N-dealkylation sites (tertiary alicyclic amines) is 1. The maximum absolute atomic E-state index is 3.66. The summed E-state index contributed by atoms with van der Waals surface area (Å²) in [6, 6.07) is 0.680. The van der Waals surface area contributed by atoms with Gasteiger partial charge in [0, 0.05) is 19.1 Å². The number of piperidine rings is 1. The van der Waals surface area contributed by atoms with Crippen LogP contribution < -0.4 is 5.32 Å². The summed E-state index contributed by atoms with van der Waals surface area (Å²) in [6.45, 7) is 10.7. The number of nitrogens with zero attached hydrogens (tertiary/aromatic N) is 2. The summed E-state index contributed by atoms with van der Waals surface area (Å²) in [4.78, 5) is 4.79. The zero-order chi connectivity index (χ0) is 12.0. The van der Waals surface area contributed by atoms with E-state index < -0.39 is 0 Å². The standard InChI is InChI=1S/C13H29N3/c1-5-16-9-6-13(7-10-16)12(2)14-8-11-15(3)4/h12-14H,5-11H2,1-4H3. The summed E-state index contributed by atoms with van der Waals surface area (Å²) in [5.41, 5.74) is 0. The van der Waals surface area contributed by atoms with Crippen LogP contribution in [0.25, 0.3) is 0 Å². The highest BCUT2D eigenvalue weighted by molar-refractivity contribution is 4.79. The molecular weight excluding hydrogens is 198 g/mol. The molecule has 0 aromatic heterocycles. The molecule has 0 aliphatic carbocycles. The predicted molar refractivity (Wildman–Crippen MR) is 70.9 cm³/mol. The fourth-order valence-corrected chi connectivity index (χ4v) is 2.45. The molecule has 96 valence electrons. The molecule has 0 aromatic carbocycles. The summed E-state index contributed by atoms with van der Waals surface area (Å²) in [6.07, 6.45) is 2.73. The molecule has 16 heavy (non-hydrogen) atoms. The van der Waals surface area contributed by atoms with Gasteiger partial charge in [-0.1, -0.05) is 6.92 Å². The minimum absolute atomic E-state index is 0.680. The minimum atomic E-state index is 0.680. The number of hydrogen-bond acceptors (Lipinski definition) is 3. The van der Waals surface area contributed by atoms with Crippen LogP contribution in [0, 0.1) is 5.92 Å². The Morgan fingerprint density at radius 2 is 1.94 bits per heavy atom. The average Bonchev–Trinajstić information content (AvgIpc) is 2.28. The van der Waals surface area contributed by atoms with Crippen molar-refractivity contribution in [2.75, 3.05) is 46.8 Å². The van der Waals surface area contributed by atoms with E-state index in [9.17, 15) is 0 Å². The molecule has 1 saturated heterocycles. The van der Waals surface area contributed by atoms with Crippen LogP contribution in [0.4, 0.5) is 0 Å². The fraction of sp³-hybridized carbons (Fsp3) is 1.00. The lowest BCUT2D eigenvalue weighted by molar-refractivity contribution is 0.168. The molecule has 0 amide bonds. The molecule has 1 N–H and O–H groups in total. The molecule has 0 saturated carbocycles. The molecule has 1 aliphatic heterocycles. The molecule has 1 heterocycles. The van der Waals surface area contributed by atoms with Gasteiger partial charge in [0.1, 0.15) is 0 Å². The lowest BCUT2D eigenvalue weighted by atomic mass is 9.90. The van der Waals surface area contributed by atoms with Crippen LogP contribution in [0.15, 0.2) is 0 Å². The molecule has 1 atom stereocenters. The van der Waals surface area contributed by atoms with Crippen molar-refractivity contribution in [3.05, 3.63) is 0 Å². The lowest BCUT2D eigenvalue weighted by Crippen LogP contribution is -2.43. The van der Waals surface area contributed by atoms with Gasteiger partial charge in [-0.15, -0.1) is 0 Å². The van der Waals surface area contributed by atoms with Crippen molar-refractivity contribution >= 4 is 0 Å². The highest BCUT2D eigenvalue weighted by Crippen LogP contribution is 2.20. The van der Waals surface area contributed by atoms with Gasteiger partial charge < -0.3 is 15.1 Å². The van der Waals surface area contributed by atoms with Crippen molar-refractivity contribution in [3.63, 3.8) is 0 Å². The Bertz CT molecular complexity index is 174. The Kier molecular flexibility index (Phi) is 6.32. The normalized spacial score (nSPS) is 21.6. The molecule has 1 rings (SSSR count). The summed E-state index contributed by atoms with van der Waals surface area (Å²) in [5.74, 6) is 0.880. The largest absolute Gasteiger partial charge is 0.313 e. The van der Waals surface area contributed by atoms with Gasteiger partial charge in [-0.05, 0) is 59.4 Å². The van der Waals surface area contributed by atoms with Gasteiger partial charge in [-0.3, -0.25) is 0 Å². The summed E-state index contributed by atoms with van der Waals surface area (Å²) in [5, 5.41) is 3.66. The summed E-state index contributed by atoms with van der Waals surface area (Å²) >= 11 is 0. The first-order chi connectivity index (χ1) is 7.63. The van der Waals surface area contributed by atoms with Crippen molar-refractivity contribution in [1.29, 1.82) is 0 Å². The van der Waals surface area contributed by atoms with E-state index in [1.807, 2.05) is 0 Å². The van der Waals surface area contributed by atoms with E-state index in [-0.39, 0.29) is 0 Å². The maximum Gasteiger partial charge on any atom is 0.0101 e. The topological polar surface area (TPSA) is 18.5 Å². The molecule has 0 spiro atoms. The monoisotopic (exact) mass is 227 g/mol. The Morgan fingerprint density at radius 3 is 2.44 bits per heavy atom. The van der Waals surface area contributed by atoms with Gasteiger partial charge >= 0.3 is 0 Å². The number of likely N-dealkylation sites (N-methyl/N-ethyl adjacent to an activating group) is 1. The summed E-state index contributed by atoms with van der Waals surface area (Å²) in [7, 11) is 4.26. The third kappa shape index (κ3) is 4.81. The predicted octanol–water partition coefficient (Wildman–Crippen LogP) is 1.26. The molecule has 0 bridgehead atoms. The van der Waals surface area contributed by atoms with Crippen LogP contribution in [0.2, 0.25) is 0 Å². The van der Waals surface area contributed by atoms with Crippen LogP contribution in [0.3, 0.4) is 0 Å². The maximum atomic E-state index is 3.66. The highest BCUT2D eigenvalue weighted by Gasteiger charge is 2.22. The van der Waals surface area contributed by atoms with E-state index in [0.717, 1.165) is 19.0 Å². The molecule has 1 aliphatic rings. The van der Waals surface area contributed by atoms with Gasteiger partial charge in [-0.2, -0.15) is 0 Å². The van der Waals surface area contributed by atoms with E-state index in [4.69, 9.17) is 0 Å². The van der Waals surface area contributed by atoms with E-state index in [2.05, 4.69) is 43.1 Å². The van der Waals surface area contributed by atoms with E-state index in [1.165, 1.54) is 32.5 Å². The van der Waals surface area contributed by atoms with E-state index in [0.29, 0.717) is 6.04 Å². The van der Waals surface area contributed by atoms with Gasteiger partial charge in [-0.25, -0.2) is 0 Å². The highest BCUT2D eigenvalue weighted by atomic mass is 15.1. The Balaban J connectivity index is 2.15. The molecule has 1 unspecified atom stereocenters. The number of hydrogen-bond donors (Lipinski definition) is 1. The Hall–Kier alpha value is -0.120. The lowest BCUT2D eigenvalue weighted by Gasteiger charge is -2.34. The van der Waals surface area contributed by atoms with Crippen molar-refractivity contribution in [1.82, 2.24) is 15.1 Å². The third-order valence-corrected chi connectivity index (χ3v) is 3.81. The molecule has 1 fully saturated rings. The zero-order valence-electron chi connectivity index (χ0n) is 11.5. The van der Waals surface area contributed by atoms with Crippen LogP contribution in [0.1, 0.15) is 26.7 Å². The third-order valence-electron chi connectivity index (χ3n) is 3.81. The van der Waals surface area contributed by atoms with Crippen molar-refractivity contribution in [2.24, 2.45) is 5.92 Å². The van der Waals surface area contributed by atoms with Crippen LogP contribution in [0.5, 0.6) is 0 Å². The van der Waals surface area contributed by atoms with Crippen molar-refractivity contribution < 1.29 is 0 Å². The first-order valence-corrected chi connectivity index (χ1v) is 6.74. The first-order valence-electron chi connectivity index (χ1n) is 6.74. The SMILES string of the molecule is CCN1CCC(C(C)NCCN(C)C)CC1. The molecular formula is C13H29N3. The van der Waals surface area contributed by atoms with Gasteiger partial charge in [0.15, 0.2) is 0 Å². The first kappa shape index (κ1) is 13.9. The Labute approximate surface area is 101 Å². The van der Waals surface area contributed by atoms with Crippen molar-refractivity contribution in [3.8, 4) is 0 Å². The quantitative estimate of drug-likeness (QED) is 0.737. The number of rotatable bonds is 6. The second-order valence-corrected chi connectivity index (χ2v) is 5.32. The van der Waals surface area contributed by atoms with Crippen LogP contribution in [-0.2, 0) is 0 Å². The van der Waals surface area contributed by atoms with Gasteiger partial charge in [0.2, 0.25) is 0 Å². The second kappa shape index (κ2) is 7.25. The van der Waals surface area contributed by atoms with Crippen LogP contribution >= 0.6 is 0 Å². The minimum Gasteiger partial charge on any atom is -0.313 e. The van der Waals surface area contributed by atoms with Crippen LogP contribution in [-0.4, -0.2) is 62.7 Å². The second-order valence-electron chi connectivity index (χ2n) is 5.32. The van der Waals surface area contributed by atoms with E-state index in [1.54, 1.807) is 0 Å². The average molecular weight is 227 g/mol. The fourth-order valence-electron chi connectivity index (χ4n) is 2.45. The molecule has 0 radical (unpaired) electrons. The van der Waals surface area contributed by atoms with E-state index >= 15 is 0 Å². The Morgan fingerprint density at radius 1 is 1.31 bits per heavy atom. The molecule has 3 heteroatoms. The van der Waals surface area contributed by atoms with Crippen molar-refractivity contribution in [2.45, 2.75) is 32.7 Å². The number of nitrogens with one attached hydrogen (secondary N) is 1. The molecule has 0 aromatic rings. The zero-order valence-corrected chi connectivity index (χ0v) is 11.5. The van der Waals surface area contributed by atoms with Gasteiger partial charge in [0.05, 0.1) is 0 Å². The summed E-state index contributed by atoms with van der Waals surface area (Å²) < 4.78 is 0.